The third kappa shape index (κ3) is 9.45. The molecular formula is C11H23N3O2. The second-order valence-corrected chi connectivity index (χ2v) is 3.58. The summed E-state index contributed by atoms with van der Waals surface area (Å²) in [6, 6.07) is 0. The first-order valence-corrected chi connectivity index (χ1v) is 5.94. The zero-order valence-corrected chi connectivity index (χ0v) is 10.3. The van der Waals surface area contributed by atoms with Crippen LogP contribution >= 0.6 is 0 Å². The van der Waals surface area contributed by atoms with Gasteiger partial charge in [0.25, 0.3) is 0 Å². The molecule has 0 fully saturated rings. The van der Waals surface area contributed by atoms with Crippen molar-refractivity contribution in [1.82, 2.24) is 16.0 Å². The first kappa shape index (κ1) is 14.9. The lowest BCUT2D eigenvalue weighted by Gasteiger charge is -2.06. The Kier molecular flexibility index (Phi) is 9.70. The fourth-order valence-electron chi connectivity index (χ4n) is 1.16. The summed E-state index contributed by atoms with van der Waals surface area (Å²) in [5.74, 6) is 0.00532. The minimum Gasteiger partial charge on any atom is -0.356 e. The van der Waals surface area contributed by atoms with Gasteiger partial charge in [-0.3, -0.25) is 9.59 Å². The lowest BCUT2D eigenvalue weighted by atomic mass is 10.3. The molecule has 0 aliphatic heterocycles. The van der Waals surface area contributed by atoms with Crippen molar-refractivity contribution >= 4 is 11.8 Å². The Hall–Kier alpha value is -1.10. The van der Waals surface area contributed by atoms with Crippen molar-refractivity contribution in [3.63, 3.8) is 0 Å². The monoisotopic (exact) mass is 229 g/mol. The van der Waals surface area contributed by atoms with Gasteiger partial charge in [-0.05, 0) is 13.3 Å². The summed E-state index contributed by atoms with van der Waals surface area (Å²) in [5, 5.41) is 8.42. The second kappa shape index (κ2) is 10.4. The number of hydrogen-bond donors (Lipinski definition) is 3. The number of nitrogens with one attached hydrogen (secondary N) is 3. The van der Waals surface area contributed by atoms with Gasteiger partial charge in [0.15, 0.2) is 0 Å². The van der Waals surface area contributed by atoms with E-state index >= 15 is 0 Å². The number of amides is 2. The van der Waals surface area contributed by atoms with E-state index in [2.05, 4.69) is 22.9 Å². The van der Waals surface area contributed by atoms with Crippen LogP contribution in [-0.2, 0) is 9.59 Å². The van der Waals surface area contributed by atoms with E-state index in [1.165, 1.54) is 0 Å². The summed E-state index contributed by atoms with van der Waals surface area (Å²) in [7, 11) is 0. The molecule has 0 aromatic rings. The van der Waals surface area contributed by atoms with Crippen molar-refractivity contribution < 1.29 is 9.59 Å². The number of rotatable bonds is 9. The molecule has 0 aliphatic rings. The molecule has 0 spiro atoms. The smallest absolute Gasteiger partial charge is 0.233 e. The Labute approximate surface area is 97.4 Å². The van der Waals surface area contributed by atoms with Crippen LogP contribution in [0.2, 0.25) is 0 Å². The van der Waals surface area contributed by atoms with Crippen LogP contribution in [0.25, 0.3) is 0 Å². The van der Waals surface area contributed by atoms with Crippen LogP contribution in [-0.4, -0.2) is 38.0 Å². The summed E-state index contributed by atoms with van der Waals surface area (Å²) < 4.78 is 0. The molecular weight excluding hydrogens is 206 g/mol. The second-order valence-electron chi connectivity index (χ2n) is 3.58. The molecule has 0 aliphatic carbocycles. The van der Waals surface area contributed by atoms with Crippen molar-refractivity contribution in [3.05, 3.63) is 0 Å². The van der Waals surface area contributed by atoms with Crippen molar-refractivity contribution in [2.75, 3.05) is 26.2 Å². The molecule has 94 valence electrons. The van der Waals surface area contributed by atoms with Crippen LogP contribution < -0.4 is 16.0 Å². The van der Waals surface area contributed by atoms with Crippen LogP contribution in [0.3, 0.4) is 0 Å². The quantitative estimate of drug-likeness (QED) is 0.488. The maximum atomic E-state index is 11.2. The van der Waals surface area contributed by atoms with Crippen molar-refractivity contribution in [2.45, 2.75) is 33.1 Å². The molecule has 5 heteroatoms. The van der Waals surface area contributed by atoms with Gasteiger partial charge in [-0.15, -0.1) is 0 Å². The average molecular weight is 229 g/mol. The molecule has 3 N–H and O–H groups in total. The minimum absolute atomic E-state index is 0.00986. The van der Waals surface area contributed by atoms with E-state index in [0.29, 0.717) is 19.5 Å². The molecule has 0 atom stereocenters. The van der Waals surface area contributed by atoms with Gasteiger partial charge in [0.05, 0.1) is 6.54 Å². The van der Waals surface area contributed by atoms with E-state index in [9.17, 15) is 9.59 Å². The number of unbranched alkanes of at least 4 members (excludes halogenated alkanes) is 1. The molecule has 2 amide bonds. The van der Waals surface area contributed by atoms with E-state index in [1.807, 2.05) is 6.92 Å². The molecule has 0 saturated heterocycles. The first-order chi connectivity index (χ1) is 7.70. The standard InChI is InChI=1S/C11H23N3O2/c1-3-5-7-14-11(16)9-12-8-6-10(15)13-4-2/h12H,3-9H2,1-2H3,(H,13,15)(H,14,16). The largest absolute Gasteiger partial charge is 0.356 e. The van der Waals surface area contributed by atoms with E-state index in [4.69, 9.17) is 0 Å². The summed E-state index contributed by atoms with van der Waals surface area (Å²) in [6.45, 7) is 6.16. The van der Waals surface area contributed by atoms with Crippen LogP contribution in [0.5, 0.6) is 0 Å². The molecule has 0 aromatic heterocycles. The van der Waals surface area contributed by atoms with Crippen LogP contribution in [0, 0.1) is 0 Å². The van der Waals surface area contributed by atoms with E-state index < -0.39 is 0 Å². The Morgan fingerprint density at radius 2 is 1.75 bits per heavy atom. The summed E-state index contributed by atoms with van der Waals surface area (Å²) in [5.41, 5.74) is 0. The third-order valence-corrected chi connectivity index (χ3v) is 2.04. The van der Waals surface area contributed by atoms with Crippen molar-refractivity contribution in [1.29, 1.82) is 0 Å². The molecule has 0 radical (unpaired) electrons. The lowest BCUT2D eigenvalue weighted by molar-refractivity contribution is -0.122. The minimum atomic E-state index is -0.00986. The van der Waals surface area contributed by atoms with Crippen LogP contribution in [0.15, 0.2) is 0 Å². The third-order valence-electron chi connectivity index (χ3n) is 2.04. The number of carbonyl (C=O) groups is 2. The fourth-order valence-corrected chi connectivity index (χ4v) is 1.16. The Balaban J connectivity index is 3.30. The van der Waals surface area contributed by atoms with Gasteiger partial charge in [0.2, 0.25) is 11.8 Å². The summed E-state index contributed by atoms with van der Waals surface area (Å²) in [4.78, 5) is 22.3. The van der Waals surface area contributed by atoms with Gasteiger partial charge in [-0.1, -0.05) is 13.3 Å². The Morgan fingerprint density at radius 1 is 1.00 bits per heavy atom. The summed E-state index contributed by atoms with van der Waals surface area (Å²) in [6.07, 6.45) is 2.49. The highest BCUT2D eigenvalue weighted by Crippen LogP contribution is 1.82. The van der Waals surface area contributed by atoms with Gasteiger partial charge in [0.1, 0.15) is 0 Å². The summed E-state index contributed by atoms with van der Waals surface area (Å²) >= 11 is 0. The van der Waals surface area contributed by atoms with Gasteiger partial charge in [-0.25, -0.2) is 0 Å². The molecule has 16 heavy (non-hydrogen) atoms. The highest BCUT2D eigenvalue weighted by molar-refractivity contribution is 5.78. The normalized spacial score (nSPS) is 9.88. The van der Waals surface area contributed by atoms with E-state index in [1.54, 1.807) is 0 Å². The SMILES string of the molecule is CCCCNC(=O)CNCCC(=O)NCC. The van der Waals surface area contributed by atoms with Gasteiger partial charge in [0, 0.05) is 26.1 Å². The van der Waals surface area contributed by atoms with Crippen molar-refractivity contribution in [3.8, 4) is 0 Å². The van der Waals surface area contributed by atoms with Crippen LogP contribution in [0.4, 0.5) is 0 Å². The maximum absolute atomic E-state index is 11.2. The molecule has 0 aromatic carbocycles. The first-order valence-electron chi connectivity index (χ1n) is 5.94. The molecule has 0 heterocycles. The molecule has 0 unspecified atom stereocenters. The van der Waals surface area contributed by atoms with Gasteiger partial charge >= 0.3 is 0 Å². The number of hydrogen-bond acceptors (Lipinski definition) is 3. The fraction of sp³-hybridized carbons (Fsp3) is 0.818. The topological polar surface area (TPSA) is 70.2 Å². The van der Waals surface area contributed by atoms with Crippen molar-refractivity contribution in [2.24, 2.45) is 0 Å². The predicted octanol–water partition coefficient (Wildman–Crippen LogP) is 0.0185. The Morgan fingerprint density at radius 3 is 2.38 bits per heavy atom. The predicted molar refractivity (Wildman–Crippen MR) is 64.1 cm³/mol. The molecule has 0 saturated carbocycles. The zero-order chi connectivity index (χ0) is 12.2. The molecule has 0 bridgehead atoms. The Bertz CT molecular complexity index is 207. The van der Waals surface area contributed by atoms with E-state index in [0.717, 1.165) is 19.4 Å². The lowest BCUT2D eigenvalue weighted by Crippen LogP contribution is -2.36. The highest BCUT2D eigenvalue weighted by atomic mass is 16.2. The molecule has 5 nitrogen and oxygen atoms in total. The van der Waals surface area contributed by atoms with E-state index in [-0.39, 0.29) is 18.4 Å². The van der Waals surface area contributed by atoms with Crippen LogP contribution in [0.1, 0.15) is 33.1 Å². The maximum Gasteiger partial charge on any atom is 0.233 e. The van der Waals surface area contributed by atoms with Gasteiger partial charge in [-0.2, -0.15) is 0 Å². The highest BCUT2D eigenvalue weighted by Gasteiger charge is 2.01. The average Bonchev–Trinajstić information content (AvgIpc) is 2.25. The molecule has 0 rings (SSSR count). The zero-order valence-electron chi connectivity index (χ0n) is 10.3. The van der Waals surface area contributed by atoms with Gasteiger partial charge < -0.3 is 16.0 Å². The number of carbonyl (C=O) groups excluding carboxylic acids is 2.